The third-order valence-electron chi connectivity index (χ3n) is 8.59. The molecule has 0 aliphatic carbocycles. The maximum Gasteiger partial charge on any atom is 0.251 e. The van der Waals surface area contributed by atoms with Crippen molar-refractivity contribution >= 4 is 40.3 Å². The number of nitrogens with zero attached hydrogens (tertiary/aromatic N) is 1. The van der Waals surface area contributed by atoms with E-state index in [0.29, 0.717) is 17.1 Å². The van der Waals surface area contributed by atoms with Crippen molar-refractivity contribution < 1.29 is 14.4 Å². The second kappa shape index (κ2) is 6.89. The molecule has 2 spiro atoms. The monoisotopic (exact) mass is 483 g/mol. The molecule has 1 aromatic heterocycles. The zero-order valence-electron chi connectivity index (χ0n) is 19.6. The quantitative estimate of drug-likeness (QED) is 0.531. The van der Waals surface area contributed by atoms with Gasteiger partial charge in [0.25, 0.3) is 5.91 Å². The zero-order chi connectivity index (χ0) is 24.1. The summed E-state index contributed by atoms with van der Waals surface area (Å²) in [4.78, 5) is 45.9. The van der Waals surface area contributed by atoms with E-state index in [1.165, 1.54) is 11.3 Å². The Kier molecular flexibility index (Phi) is 4.14. The molecule has 0 bridgehead atoms. The number of benzene rings is 2. The predicted octanol–water partition coefficient (Wildman–Crippen LogP) is 4.38. The number of anilines is 2. The lowest BCUT2D eigenvalue weighted by molar-refractivity contribution is -0.137. The molecule has 2 saturated heterocycles. The van der Waals surface area contributed by atoms with E-state index in [-0.39, 0.29) is 23.6 Å². The van der Waals surface area contributed by atoms with E-state index in [2.05, 4.69) is 21.6 Å². The minimum Gasteiger partial charge on any atom is -0.325 e. The van der Waals surface area contributed by atoms with Crippen LogP contribution in [0.2, 0.25) is 0 Å². The standard InChI is InChI=1S/C28H25N3O3S/c1-15-13-16(2)23-18(14-15)28(26(34)30-23)27(17-7-3-4-8-19(17)29-25(27)33)22(20-9-5-11-31(20)28)24(32)21-10-6-12-35-21/h3-4,6-8,10,12-14,20,22H,5,9,11H2,1-2H3,(H,29,33)(H,30,34). The Hall–Kier alpha value is -3.29. The summed E-state index contributed by atoms with van der Waals surface area (Å²) < 4.78 is 0. The minimum absolute atomic E-state index is 0.0498. The molecule has 4 atom stereocenters. The molecule has 2 N–H and O–H groups in total. The summed E-state index contributed by atoms with van der Waals surface area (Å²) in [6, 6.07) is 15.2. The van der Waals surface area contributed by atoms with Gasteiger partial charge in [0.1, 0.15) is 11.0 Å². The number of hydrogen-bond donors (Lipinski definition) is 2. The second-order valence-electron chi connectivity index (χ2n) is 10.2. The van der Waals surface area contributed by atoms with Gasteiger partial charge < -0.3 is 10.6 Å². The first-order valence-electron chi connectivity index (χ1n) is 12.1. The van der Waals surface area contributed by atoms with E-state index in [0.717, 1.165) is 40.8 Å². The Morgan fingerprint density at radius 2 is 1.86 bits per heavy atom. The number of rotatable bonds is 2. The van der Waals surface area contributed by atoms with Gasteiger partial charge in [-0.15, -0.1) is 11.3 Å². The highest BCUT2D eigenvalue weighted by Crippen LogP contribution is 2.68. The molecule has 7 rings (SSSR count). The van der Waals surface area contributed by atoms with Crippen LogP contribution in [0.4, 0.5) is 11.4 Å². The number of nitrogens with one attached hydrogen (secondary N) is 2. The number of aryl methyl sites for hydroxylation is 2. The maximum absolute atomic E-state index is 14.4. The first kappa shape index (κ1) is 21.0. The smallest absolute Gasteiger partial charge is 0.251 e. The molecule has 2 aromatic carbocycles. The van der Waals surface area contributed by atoms with Gasteiger partial charge in [-0.2, -0.15) is 0 Å². The van der Waals surface area contributed by atoms with Gasteiger partial charge in [0, 0.05) is 23.0 Å². The number of carbonyl (C=O) groups excluding carboxylic acids is 3. The van der Waals surface area contributed by atoms with Crippen LogP contribution in [0.15, 0.2) is 53.9 Å². The molecule has 6 nitrogen and oxygen atoms in total. The number of hydrogen-bond acceptors (Lipinski definition) is 5. The lowest BCUT2D eigenvalue weighted by Gasteiger charge is -2.43. The molecule has 2 amide bonds. The minimum atomic E-state index is -1.37. The first-order chi connectivity index (χ1) is 16.9. The van der Waals surface area contributed by atoms with Crippen molar-refractivity contribution in [2.75, 3.05) is 17.2 Å². The van der Waals surface area contributed by atoms with Crippen LogP contribution in [0.1, 0.15) is 44.8 Å². The number of amides is 2. The Labute approximate surface area is 207 Å². The van der Waals surface area contributed by atoms with Gasteiger partial charge in [0.2, 0.25) is 5.91 Å². The fourth-order valence-corrected chi connectivity index (χ4v) is 8.31. The second-order valence-corrected chi connectivity index (χ2v) is 11.1. The highest BCUT2D eigenvalue weighted by atomic mass is 32.1. The Morgan fingerprint density at radius 1 is 1.03 bits per heavy atom. The summed E-state index contributed by atoms with van der Waals surface area (Å²) >= 11 is 1.40. The van der Waals surface area contributed by atoms with Gasteiger partial charge in [-0.05, 0) is 61.9 Å². The Bertz CT molecular complexity index is 1450. The molecule has 176 valence electrons. The SMILES string of the molecule is Cc1cc(C)c2c(c1)C1(C(=O)N2)N2CCCC2C(C(=O)c2cccs2)C12C(=O)Nc1ccccc12. The lowest BCUT2D eigenvalue weighted by Crippen LogP contribution is -2.62. The predicted molar refractivity (Wildman–Crippen MR) is 135 cm³/mol. The van der Waals surface area contributed by atoms with E-state index in [1.807, 2.05) is 61.7 Å². The van der Waals surface area contributed by atoms with Crippen molar-refractivity contribution in [2.24, 2.45) is 5.92 Å². The topological polar surface area (TPSA) is 78.5 Å². The number of thiophene rings is 1. The first-order valence-corrected chi connectivity index (χ1v) is 13.0. The van der Waals surface area contributed by atoms with Crippen LogP contribution in [-0.4, -0.2) is 35.1 Å². The van der Waals surface area contributed by atoms with Gasteiger partial charge in [-0.25, -0.2) is 0 Å². The summed E-state index contributed by atoms with van der Waals surface area (Å²) in [6.07, 6.45) is 1.65. The maximum atomic E-state index is 14.4. The largest absolute Gasteiger partial charge is 0.325 e. The van der Waals surface area contributed by atoms with E-state index in [1.54, 1.807) is 0 Å². The van der Waals surface area contributed by atoms with Crippen molar-refractivity contribution in [3.63, 3.8) is 0 Å². The number of Topliss-reactive ketones (excluding diaryl/α,β-unsaturated/α-hetero) is 1. The molecule has 3 aromatic rings. The van der Waals surface area contributed by atoms with E-state index in [4.69, 9.17) is 0 Å². The van der Waals surface area contributed by atoms with E-state index >= 15 is 0 Å². The molecule has 4 unspecified atom stereocenters. The molecule has 35 heavy (non-hydrogen) atoms. The molecule has 0 radical (unpaired) electrons. The van der Waals surface area contributed by atoms with Crippen LogP contribution < -0.4 is 10.6 Å². The number of carbonyl (C=O) groups is 3. The normalized spacial score (nSPS) is 30.5. The molecule has 5 heterocycles. The van der Waals surface area contributed by atoms with Crippen LogP contribution in [0.5, 0.6) is 0 Å². The molecule has 2 fully saturated rings. The fourth-order valence-electron chi connectivity index (χ4n) is 7.61. The van der Waals surface area contributed by atoms with Crippen LogP contribution in [0, 0.1) is 19.8 Å². The third-order valence-corrected chi connectivity index (χ3v) is 9.48. The average molecular weight is 484 g/mol. The van der Waals surface area contributed by atoms with Gasteiger partial charge in [-0.1, -0.05) is 42.0 Å². The zero-order valence-corrected chi connectivity index (χ0v) is 20.4. The van der Waals surface area contributed by atoms with Crippen LogP contribution >= 0.6 is 11.3 Å². The van der Waals surface area contributed by atoms with Crippen molar-refractivity contribution in [1.82, 2.24) is 4.90 Å². The highest BCUT2D eigenvalue weighted by Gasteiger charge is 2.81. The average Bonchev–Trinajstić information content (AvgIpc) is 3.62. The van der Waals surface area contributed by atoms with Gasteiger partial charge >= 0.3 is 0 Å². The highest BCUT2D eigenvalue weighted by molar-refractivity contribution is 7.12. The van der Waals surface area contributed by atoms with Gasteiger partial charge in [0.15, 0.2) is 5.78 Å². The molecular formula is C28H25N3O3S. The molecule has 0 saturated carbocycles. The Morgan fingerprint density at radius 3 is 2.66 bits per heavy atom. The Balaban J connectivity index is 1.63. The molecule has 7 heteroatoms. The lowest BCUT2D eigenvalue weighted by atomic mass is 9.57. The van der Waals surface area contributed by atoms with Gasteiger partial charge in [-0.3, -0.25) is 19.3 Å². The van der Waals surface area contributed by atoms with Crippen molar-refractivity contribution in [3.05, 3.63) is 81.0 Å². The summed E-state index contributed by atoms with van der Waals surface area (Å²) in [7, 11) is 0. The molecule has 4 aliphatic heterocycles. The van der Waals surface area contributed by atoms with Crippen molar-refractivity contribution in [1.29, 1.82) is 0 Å². The number of ketones is 1. The summed E-state index contributed by atoms with van der Waals surface area (Å²) in [5.74, 6) is -1.19. The van der Waals surface area contributed by atoms with Crippen molar-refractivity contribution in [3.8, 4) is 0 Å². The summed E-state index contributed by atoms with van der Waals surface area (Å²) in [5.41, 5.74) is 2.36. The van der Waals surface area contributed by atoms with Crippen molar-refractivity contribution in [2.45, 2.75) is 43.7 Å². The molecule has 4 aliphatic rings. The van der Waals surface area contributed by atoms with E-state index in [9.17, 15) is 14.4 Å². The number of fused-ring (bicyclic) bond motifs is 7. The van der Waals surface area contributed by atoms with Crippen LogP contribution in [-0.2, 0) is 20.5 Å². The van der Waals surface area contributed by atoms with Crippen LogP contribution in [0.3, 0.4) is 0 Å². The van der Waals surface area contributed by atoms with E-state index < -0.39 is 16.9 Å². The van der Waals surface area contributed by atoms with Crippen LogP contribution in [0.25, 0.3) is 0 Å². The summed E-state index contributed by atoms with van der Waals surface area (Å²) in [6.45, 7) is 4.67. The van der Waals surface area contributed by atoms with Gasteiger partial charge in [0.05, 0.1) is 10.8 Å². The number of para-hydroxylation sites is 1. The fraction of sp³-hybridized carbons (Fsp3) is 0.321. The molecular weight excluding hydrogens is 458 g/mol. The third kappa shape index (κ3) is 2.27. The summed E-state index contributed by atoms with van der Waals surface area (Å²) in [5, 5.41) is 8.15.